The number of likely N-dealkylation sites (N-methyl/N-ethyl adjacent to an activating group) is 1. The minimum absolute atomic E-state index is 0.114. The molecule has 0 aromatic heterocycles. The molecule has 1 aliphatic rings. The molecule has 0 spiro atoms. The van der Waals surface area contributed by atoms with E-state index in [-0.39, 0.29) is 23.4 Å². The second-order valence-electron chi connectivity index (χ2n) is 6.55. The van der Waals surface area contributed by atoms with Crippen LogP contribution in [0.5, 0.6) is 0 Å². The van der Waals surface area contributed by atoms with E-state index in [1.807, 2.05) is 19.2 Å². The monoisotopic (exact) mass is 265 g/mol. The maximum absolute atomic E-state index is 13.7. The number of hydrogen-bond donors (Lipinski definition) is 1. The van der Waals surface area contributed by atoms with E-state index in [0.29, 0.717) is 12.1 Å². The molecule has 0 amide bonds. The largest absolute Gasteiger partial charge is 0.391 e. The summed E-state index contributed by atoms with van der Waals surface area (Å²) in [7, 11) is 1.97. The van der Waals surface area contributed by atoms with Gasteiger partial charge in [0.15, 0.2) is 0 Å². The zero-order valence-electron chi connectivity index (χ0n) is 12.1. The minimum atomic E-state index is -0.301. The van der Waals surface area contributed by atoms with Crippen molar-refractivity contribution in [2.45, 2.75) is 51.8 Å². The van der Waals surface area contributed by atoms with Crippen LogP contribution in [0.4, 0.5) is 4.39 Å². The zero-order valence-corrected chi connectivity index (χ0v) is 12.1. The van der Waals surface area contributed by atoms with Gasteiger partial charge in [-0.15, -0.1) is 0 Å². The molecule has 1 aromatic rings. The molecule has 2 unspecified atom stereocenters. The Labute approximate surface area is 115 Å². The number of aliphatic hydroxyl groups excluding tert-OH is 1. The Morgan fingerprint density at radius 2 is 2.05 bits per heavy atom. The number of aliphatic hydroxyl groups is 1. The maximum Gasteiger partial charge on any atom is 0.127 e. The average Bonchev–Trinajstić information content (AvgIpc) is 2.35. The van der Waals surface area contributed by atoms with Crippen molar-refractivity contribution < 1.29 is 9.50 Å². The summed E-state index contributed by atoms with van der Waals surface area (Å²) in [6.45, 7) is 5.02. The third-order valence-corrected chi connectivity index (χ3v) is 4.27. The molecule has 2 atom stereocenters. The highest BCUT2D eigenvalue weighted by atomic mass is 19.1. The summed E-state index contributed by atoms with van der Waals surface area (Å²) in [6, 6.07) is 6.98. The lowest BCUT2D eigenvalue weighted by Gasteiger charge is -2.42. The molecule has 0 heterocycles. The fraction of sp³-hybridized carbons (Fsp3) is 0.625. The Balaban J connectivity index is 2.06. The van der Waals surface area contributed by atoms with E-state index >= 15 is 0 Å². The highest BCUT2D eigenvalue weighted by Gasteiger charge is 2.36. The molecule has 0 radical (unpaired) electrons. The fourth-order valence-electron chi connectivity index (χ4n) is 3.00. The molecule has 1 N–H and O–H groups in total. The van der Waals surface area contributed by atoms with E-state index in [1.54, 1.807) is 6.07 Å². The van der Waals surface area contributed by atoms with Gasteiger partial charge in [0.1, 0.15) is 5.82 Å². The van der Waals surface area contributed by atoms with E-state index in [2.05, 4.69) is 18.7 Å². The van der Waals surface area contributed by atoms with Gasteiger partial charge < -0.3 is 5.11 Å². The Kier molecular flexibility index (Phi) is 4.26. The van der Waals surface area contributed by atoms with Crippen LogP contribution in [0, 0.1) is 11.2 Å². The van der Waals surface area contributed by atoms with Crippen LogP contribution in [-0.2, 0) is 6.54 Å². The number of halogens is 1. The molecule has 2 nitrogen and oxygen atoms in total. The molecule has 1 aromatic carbocycles. The van der Waals surface area contributed by atoms with Crippen molar-refractivity contribution in [3.8, 4) is 0 Å². The van der Waals surface area contributed by atoms with Crippen LogP contribution < -0.4 is 0 Å². The van der Waals surface area contributed by atoms with Gasteiger partial charge in [-0.1, -0.05) is 32.0 Å². The number of nitrogens with zero attached hydrogens (tertiary/aromatic N) is 1. The highest BCUT2D eigenvalue weighted by molar-refractivity contribution is 5.17. The summed E-state index contributed by atoms with van der Waals surface area (Å²) in [5.74, 6) is -0.168. The summed E-state index contributed by atoms with van der Waals surface area (Å²) < 4.78 is 13.7. The maximum atomic E-state index is 13.7. The Hall–Kier alpha value is -0.930. The molecule has 19 heavy (non-hydrogen) atoms. The summed E-state index contributed by atoms with van der Waals surface area (Å²) in [4.78, 5) is 2.09. The van der Waals surface area contributed by atoms with Crippen LogP contribution >= 0.6 is 0 Å². The SMILES string of the molecule is CN(Cc1ccccc1F)C1CC(C)(C)CCC1O. The van der Waals surface area contributed by atoms with Crippen LogP contribution in [0.2, 0.25) is 0 Å². The summed E-state index contributed by atoms with van der Waals surface area (Å²) >= 11 is 0. The first-order valence-electron chi connectivity index (χ1n) is 7.01. The first-order chi connectivity index (χ1) is 8.89. The normalized spacial score (nSPS) is 26.6. The smallest absolute Gasteiger partial charge is 0.127 e. The highest BCUT2D eigenvalue weighted by Crippen LogP contribution is 2.37. The quantitative estimate of drug-likeness (QED) is 0.907. The van der Waals surface area contributed by atoms with Gasteiger partial charge in [-0.3, -0.25) is 4.90 Å². The molecule has 1 aliphatic carbocycles. The van der Waals surface area contributed by atoms with Gasteiger partial charge in [0.25, 0.3) is 0 Å². The van der Waals surface area contributed by atoms with Crippen molar-refractivity contribution in [2.75, 3.05) is 7.05 Å². The minimum Gasteiger partial charge on any atom is -0.391 e. The molecule has 1 saturated carbocycles. The lowest BCUT2D eigenvalue weighted by atomic mass is 9.73. The van der Waals surface area contributed by atoms with Gasteiger partial charge in [0.2, 0.25) is 0 Å². The van der Waals surface area contributed by atoms with Gasteiger partial charge >= 0.3 is 0 Å². The first kappa shape index (κ1) is 14.5. The third-order valence-electron chi connectivity index (χ3n) is 4.27. The van der Waals surface area contributed by atoms with Gasteiger partial charge in [-0.2, -0.15) is 0 Å². The predicted octanol–water partition coefficient (Wildman–Crippen LogP) is 3.20. The first-order valence-corrected chi connectivity index (χ1v) is 7.01. The van der Waals surface area contributed by atoms with Crippen molar-refractivity contribution in [3.05, 3.63) is 35.6 Å². The summed E-state index contributed by atoms with van der Waals surface area (Å²) in [5, 5.41) is 10.2. The average molecular weight is 265 g/mol. The summed E-state index contributed by atoms with van der Waals surface area (Å²) in [6.07, 6.45) is 2.54. The van der Waals surface area contributed by atoms with Gasteiger partial charge in [-0.25, -0.2) is 4.39 Å². The summed E-state index contributed by atoms with van der Waals surface area (Å²) in [5.41, 5.74) is 0.952. The third kappa shape index (κ3) is 3.54. The molecule has 0 bridgehead atoms. The number of hydrogen-bond acceptors (Lipinski definition) is 2. The van der Waals surface area contributed by atoms with Crippen molar-refractivity contribution >= 4 is 0 Å². The molecular weight excluding hydrogens is 241 g/mol. The lowest BCUT2D eigenvalue weighted by Crippen LogP contribution is -2.47. The van der Waals surface area contributed by atoms with Gasteiger partial charge in [0.05, 0.1) is 6.10 Å². The van der Waals surface area contributed by atoms with Gasteiger partial charge in [0, 0.05) is 18.2 Å². The molecular formula is C16H24FNO. The van der Waals surface area contributed by atoms with E-state index in [1.165, 1.54) is 6.07 Å². The molecule has 2 rings (SSSR count). The zero-order chi connectivity index (χ0) is 14.0. The second kappa shape index (κ2) is 5.59. The van der Waals surface area contributed by atoms with Gasteiger partial charge in [-0.05, 0) is 37.8 Å². The van der Waals surface area contributed by atoms with Crippen molar-refractivity contribution in [2.24, 2.45) is 5.41 Å². The molecule has 0 saturated heterocycles. The topological polar surface area (TPSA) is 23.5 Å². The second-order valence-corrected chi connectivity index (χ2v) is 6.55. The van der Waals surface area contributed by atoms with E-state index in [0.717, 1.165) is 19.3 Å². The van der Waals surface area contributed by atoms with Crippen LogP contribution in [0.1, 0.15) is 38.7 Å². The molecule has 3 heteroatoms. The van der Waals surface area contributed by atoms with Crippen LogP contribution in [0.3, 0.4) is 0 Å². The van der Waals surface area contributed by atoms with Crippen LogP contribution in [0.25, 0.3) is 0 Å². The molecule has 0 aliphatic heterocycles. The van der Waals surface area contributed by atoms with Crippen LogP contribution in [0.15, 0.2) is 24.3 Å². The standard InChI is InChI=1S/C16H24FNO/c1-16(2)9-8-15(19)14(10-16)18(3)11-12-6-4-5-7-13(12)17/h4-7,14-15,19H,8-11H2,1-3H3. The van der Waals surface area contributed by atoms with E-state index < -0.39 is 0 Å². The van der Waals surface area contributed by atoms with Crippen LogP contribution in [-0.4, -0.2) is 29.2 Å². The predicted molar refractivity (Wildman–Crippen MR) is 75.3 cm³/mol. The lowest BCUT2D eigenvalue weighted by molar-refractivity contribution is -0.0104. The Bertz CT molecular complexity index is 433. The molecule has 106 valence electrons. The fourth-order valence-corrected chi connectivity index (χ4v) is 3.00. The Morgan fingerprint density at radius 1 is 1.37 bits per heavy atom. The van der Waals surface area contributed by atoms with Crippen molar-refractivity contribution in [1.82, 2.24) is 4.90 Å². The van der Waals surface area contributed by atoms with Crippen molar-refractivity contribution in [1.29, 1.82) is 0 Å². The van der Waals surface area contributed by atoms with Crippen molar-refractivity contribution in [3.63, 3.8) is 0 Å². The van der Waals surface area contributed by atoms with E-state index in [9.17, 15) is 9.50 Å². The number of benzene rings is 1. The van der Waals surface area contributed by atoms with E-state index in [4.69, 9.17) is 0 Å². The molecule has 1 fully saturated rings. The number of rotatable bonds is 3. The Morgan fingerprint density at radius 3 is 2.74 bits per heavy atom.